The maximum absolute atomic E-state index is 5.43. The Morgan fingerprint density at radius 3 is 1.58 bits per heavy atom. The number of nitrogens with zero attached hydrogens (tertiary/aromatic N) is 2. The van der Waals surface area contributed by atoms with Gasteiger partial charge in [0.05, 0.1) is 22.8 Å². The van der Waals surface area contributed by atoms with Gasteiger partial charge in [0.2, 0.25) is 0 Å². The molecule has 8 aromatic carbocycles. The van der Waals surface area contributed by atoms with Crippen LogP contribution in [0.2, 0.25) is 0 Å². The molecule has 53 heavy (non-hydrogen) atoms. The zero-order valence-electron chi connectivity index (χ0n) is 29.5. The minimum Gasteiger partial charge on any atom is -0.247 e. The van der Waals surface area contributed by atoms with Crippen molar-refractivity contribution in [2.45, 2.75) is 6.92 Å². The molecule has 0 aromatic heterocycles. The van der Waals surface area contributed by atoms with Crippen molar-refractivity contribution in [3.8, 4) is 11.1 Å². The van der Waals surface area contributed by atoms with Crippen LogP contribution in [0, 0.1) is 6.92 Å². The number of para-hydroxylation sites is 2. The second-order valence-corrected chi connectivity index (χ2v) is 13.6. The summed E-state index contributed by atoms with van der Waals surface area (Å²) < 4.78 is 0. The third-order valence-electron chi connectivity index (χ3n) is 10.1. The molecule has 2 nitrogen and oxygen atoms in total. The van der Waals surface area contributed by atoms with Gasteiger partial charge in [-0.15, -0.1) is 0 Å². The number of hydrogen-bond donors (Lipinski definition) is 0. The van der Waals surface area contributed by atoms with Gasteiger partial charge in [0.15, 0.2) is 0 Å². The van der Waals surface area contributed by atoms with Gasteiger partial charge in [-0.1, -0.05) is 158 Å². The Labute approximate surface area is 310 Å². The Bertz CT molecular complexity index is 2800. The molecule has 1 aliphatic rings. The highest BCUT2D eigenvalue weighted by Gasteiger charge is 2.20. The molecule has 0 aliphatic carbocycles. The molecule has 9 rings (SSSR count). The van der Waals surface area contributed by atoms with Crippen LogP contribution in [-0.4, -0.2) is 11.4 Å². The van der Waals surface area contributed by atoms with E-state index in [9.17, 15) is 0 Å². The van der Waals surface area contributed by atoms with Gasteiger partial charge in [-0.05, 0) is 98.3 Å². The number of aryl methyl sites for hydroxylation is 1. The Kier molecular flexibility index (Phi) is 8.26. The molecule has 1 aliphatic heterocycles. The number of benzene rings is 8. The summed E-state index contributed by atoms with van der Waals surface area (Å²) in [6, 6.07) is 62.1. The fourth-order valence-electron chi connectivity index (χ4n) is 7.19. The van der Waals surface area contributed by atoms with Crippen LogP contribution in [0.1, 0.15) is 38.9 Å². The molecule has 2 heteroatoms. The van der Waals surface area contributed by atoms with E-state index in [4.69, 9.17) is 9.98 Å². The van der Waals surface area contributed by atoms with Crippen LogP contribution in [0.5, 0.6) is 0 Å². The fraction of sp³-hybridized carbons (Fsp3) is 0.0196. The minimum atomic E-state index is 0.887. The highest BCUT2D eigenvalue weighted by atomic mass is 14.8. The van der Waals surface area contributed by atoms with Crippen molar-refractivity contribution in [2.75, 3.05) is 0 Å². The molecule has 0 amide bonds. The maximum Gasteiger partial charge on any atom is 0.0803 e. The smallest absolute Gasteiger partial charge is 0.0803 e. The first-order valence-electron chi connectivity index (χ1n) is 18.0. The summed E-state index contributed by atoms with van der Waals surface area (Å²) in [5.41, 5.74) is 14.5. The van der Waals surface area contributed by atoms with E-state index in [1.54, 1.807) is 0 Å². The normalized spacial score (nSPS) is 14.4. The van der Waals surface area contributed by atoms with E-state index >= 15 is 0 Å². The monoisotopic (exact) mass is 676 g/mol. The highest BCUT2D eigenvalue weighted by molar-refractivity contribution is 6.23. The van der Waals surface area contributed by atoms with E-state index in [2.05, 4.69) is 183 Å². The van der Waals surface area contributed by atoms with Crippen LogP contribution in [0.15, 0.2) is 199 Å². The first-order chi connectivity index (χ1) is 26.1. The lowest BCUT2D eigenvalue weighted by Crippen LogP contribution is -2.10. The fourth-order valence-corrected chi connectivity index (χ4v) is 7.19. The number of aliphatic imine (C=N–C) groups is 2. The van der Waals surface area contributed by atoms with E-state index in [1.165, 1.54) is 38.2 Å². The molecular weight excluding hydrogens is 641 g/mol. The third kappa shape index (κ3) is 6.32. The second-order valence-electron chi connectivity index (χ2n) is 13.6. The van der Waals surface area contributed by atoms with Gasteiger partial charge in [-0.3, -0.25) is 0 Å². The lowest BCUT2D eigenvalue weighted by Gasteiger charge is -2.19. The number of hydrogen-bond acceptors (Lipinski definition) is 2. The Balaban J connectivity index is 1.11. The molecule has 0 bridgehead atoms. The van der Waals surface area contributed by atoms with Crippen molar-refractivity contribution in [1.29, 1.82) is 0 Å². The number of rotatable bonds is 6. The SMILES string of the molecule is C=C(/C=C\c1cc(/C2=N/c3ccccc3/C(c3ccc4cc(-c5ccc6ccccc6c5)ccc4c3)=N\c3ccccc32)ccc1C)c1ccccc1. The number of fused-ring (bicyclic) bond motifs is 4. The van der Waals surface area contributed by atoms with Gasteiger partial charge in [-0.25, -0.2) is 9.98 Å². The van der Waals surface area contributed by atoms with Gasteiger partial charge < -0.3 is 0 Å². The molecule has 1 heterocycles. The average Bonchev–Trinajstić information content (AvgIpc) is 3.21. The van der Waals surface area contributed by atoms with Crippen molar-refractivity contribution < 1.29 is 0 Å². The summed E-state index contributed by atoms with van der Waals surface area (Å²) in [6.07, 6.45) is 4.24. The van der Waals surface area contributed by atoms with Gasteiger partial charge in [-0.2, -0.15) is 0 Å². The van der Waals surface area contributed by atoms with E-state index < -0.39 is 0 Å². The topological polar surface area (TPSA) is 24.7 Å². The van der Waals surface area contributed by atoms with Crippen LogP contribution >= 0.6 is 0 Å². The molecule has 8 aromatic rings. The molecular formula is C51H36N2. The summed E-state index contributed by atoms with van der Waals surface area (Å²) in [4.78, 5) is 10.9. The molecule has 0 saturated carbocycles. The average molecular weight is 677 g/mol. The number of allylic oxidation sites excluding steroid dienone is 2. The predicted molar refractivity (Wildman–Crippen MR) is 226 cm³/mol. The van der Waals surface area contributed by atoms with Crippen molar-refractivity contribution in [2.24, 2.45) is 9.98 Å². The van der Waals surface area contributed by atoms with Crippen LogP contribution in [0.3, 0.4) is 0 Å². The molecule has 0 spiro atoms. The molecule has 0 radical (unpaired) electrons. The quantitative estimate of drug-likeness (QED) is 0.157. The third-order valence-corrected chi connectivity index (χ3v) is 10.1. The van der Waals surface area contributed by atoms with Crippen molar-refractivity contribution in [3.05, 3.63) is 228 Å². The van der Waals surface area contributed by atoms with Crippen molar-refractivity contribution in [1.82, 2.24) is 0 Å². The van der Waals surface area contributed by atoms with E-state index in [1.807, 2.05) is 18.2 Å². The van der Waals surface area contributed by atoms with Gasteiger partial charge in [0, 0.05) is 22.3 Å². The molecule has 0 N–H and O–H groups in total. The highest BCUT2D eigenvalue weighted by Crippen LogP contribution is 2.35. The lowest BCUT2D eigenvalue weighted by molar-refractivity contribution is 1.38. The van der Waals surface area contributed by atoms with Crippen LogP contribution in [0.25, 0.3) is 44.3 Å². The summed E-state index contributed by atoms with van der Waals surface area (Å²) in [5, 5.41) is 4.86. The summed E-state index contributed by atoms with van der Waals surface area (Å²) in [6.45, 7) is 6.45. The van der Waals surface area contributed by atoms with E-state index in [0.717, 1.165) is 61.8 Å². The molecule has 0 fully saturated rings. The van der Waals surface area contributed by atoms with E-state index in [0.29, 0.717) is 0 Å². The van der Waals surface area contributed by atoms with Crippen LogP contribution in [0.4, 0.5) is 11.4 Å². The molecule has 0 saturated heterocycles. The van der Waals surface area contributed by atoms with Gasteiger partial charge in [0.1, 0.15) is 0 Å². The predicted octanol–water partition coefficient (Wildman–Crippen LogP) is 13.3. The molecule has 0 atom stereocenters. The summed E-state index contributed by atoms with van der Waals surface area (Å²) >= 11 is 0. The summed E-state index contributed by atoms with van der Waals surface area (Å²) in [7, 11) is 0. The van der Waals surface area contributed by atoms with E-state index in [-0.39, 0.29) is 0 Å². The van der Waals surface area contributed by atoms with Crippen LogP contribution < -0.4 is 0 Å². The molecule has 0 unspecified atom stereocenters. The Hall–Kier alpha value is -6.90. The zero-order valence-corrected chi connectivity index (χ0v) is 29.5. The van der Waals surface area contributed by atoms with Crippen LogP contribution in [-0.2, 0) is 0 Å². The minimum absolute atomic E-state index is 0.887. The first kappa shape index (κ1) is 32.0. The van der Waals surface area contributed by atoms with Crippen molar-refractivity contribution >= 4 is 56.0 Å². The summed E-state index contributed by atoms with van der Waals surface area (Å²) in [5.74, 6) is 0. The lowest BCUT2D eigenvalue weighted by atomic mass is 9.93. The first-order valence-corrected chi connectivity index (χ1v) is 18.0. The molecule has 250 valence electrons. The van der Waals surface area contributed by atoms with Crippen molar-refractivity contribution in [3.63, 3.8) is 0 Å². The second kappa shape index (κ2) is 13.7. The zero-order chi connectivity index (χ0) is 35.7. The Morgan fingerprint density at radius 2 is 0.925 bits per heavy atom. The van der Waals surface area contributed by atoms with Gasteiger partial charge >= 0.3 is 0 Å². The largest absolute Gasteiger partial charge is 0.247 e. The standard InChI is InChI=1S/C51H36N2/c1-34(36-12-4-3-5-13-36)20-22-38-30-44(23-21-35(38)2)50-46-16-8-10-18-48(46)53-51(47-17-9-11-19-49(47)52-50)45-29-28-42-32-41(26-27-43(42)33-45)40-25-24-37-14-6-7-15-39(37)31-40/h3-33H,1H2,2H3/b22-20-,50-46?,51-47?,52-49?,52-50-,53-48?,53-51-. The Morgan fingerprint density at radius 1 is 0.453 bits per heavy atom. The maximum atomic E-state index is 5.43. The van der Waals surface area contributed by atoms with Gasteiger partial charge in [0.25, 0.3) is 0 Å².